The number of β-amino-alcohol motifs (C(OH)–C–C–N with tert-alkyl or cyclic N) is 1. The fourth-order valence-corrected chi connectivity index (χ4v) is 3.44. The first-order valence-electron chi connectivity index (χ1n) is 9.06. The third-order valence-corrected chi connectivity index (χ3v) is 5.20. The molecule has 1 heterocycles. The zero-order chi connectivity index (χ0) is 18.4. The molecule has 140 valence electrons. The van der Waals surface area contributed by atoms with Crippen LogP contribution in [0.1, 0.15) is 30.3 Å². The van der Waals surface area contributed by atoms with Crippen LogP contribution in [-0.4, -0.2) is 49.0 Å². The highest BCUT2D eigenvalue weighted by Crippen LogP contribution is 2.24. The van der Waals surface area contributed by atoms with E-state index in [0.717, 1.165) is 23.1 Å². The Hall–Kier alpha value is -1.24. The summed E-state index contributed by atoms with van der Waals surface area (Å²) in [5, 5.41) is 10.4. The van der Waals surface area contributed by atoms with Crippen molar-refractivity contribution in [1.29, 1.82) is 0 Å². The third kappa shape index (κ3) is 5.63. The molecule has 0 aromatic heterocycles. The Balaban J connectivity index is 1.46. The van der Waals surface area contributed by atoms with Gasteiger partial charge in [-0.1, -0.05) is 58.4 Å². The van der Waals surface area contributed by atoms with Crippen molar-refractivity contribution < 1.29 is 14.6 Å². The van der Waals surface area contributed by atoms with Gasteiger partial charge in [0.25, 0.3) is 0 Å². The molecule has 3 rings (SSSR count). The maximum absolute atomic E-state index is 10.4. The summed E-state index contributed by atoms with van der Waals surface area (Å²) in [6.07, 6.45) is -0.482. The predicted molar refractivity (Wildman–Crippen MR) is 106 cm³/mol. The molecule has 26 heavy (non-hydrogen) atoms. The summed E-state index contributed by atoms with van der Waals surface area (Å²) in [6, 6.07) is 18.3. The molecule has 1 N–H and O–H groups in total. The van der Waals surface area contributed by atoms with Crippen LogP contribution in [0.25, 0.3) is 0 Å². The average Bonchev–Trinajstić information content (AvgIpc) is 2.67. The minimum Gasteiger partial charge on any atom is -0.389 e. The largest absolute Gasteiger partial charge is 0.389 e. The van der Waals surface area contributed by atoms with E-state index in [-0.39, 0.29) is 12.2 Å². The monoisotopic (exact) mass is 419 g/mol. The highest BCUT2D eigenvalue weighted by atomic mass is 79.9. The summed E-state index contributed by atoms with van der Waals surface area (Å²) in [4.78, 5) is 2.25. The molecule has 0 amide bonds. The maximum Gasteiger partial charge on any atom is 0.0952 e. The summed E-state index contributed by atoms with van der Waals surface area (Å²) >= 11 is 3.46. The van der Waals surface area contributed by atoms with Crippen LogP contribution in [0.2, 0.25) is 0 Å². The fraction of sp³-hybridized carbons (Fsp3) is 0.429. The van der Waals surface area contributed by atoms with Crippen molar-refractivity contribution in [3.8, 4) is 0 Å². The zero-order valence-electron chi connectivity index (χ0n) is 15.1. The Labute approximate surface area is 163 Å². The minimum atomic E-state index is -0.509. The normalized spacial score (nSPS) is 20.7. The Kier molecular flexibility index (Phi) is 7.23. The van der Waals surface area contributed by atoms with Crippen molar-refractivity contribution in [2.75, 3.05) is 32.8 Å². The van der Waals surface area contributed by atoms with E-state index in [1.165, 1.54) is 5.56 Å². The van der Waals surface area contributed by atoms with Gasteiger partial charge in [-0.05, 0) is 30.2 Å². The van der Waals surface area contributed by atoms with Gasteiger partial charge in [-0.2, -0.15) is 0 Å². The van der Waals surface area contributed by atoms with Gasteiger partial charge in [-0.25, -0.2) is 0 Å². The molecule has 3 unspecified atom stereocenters. The van der Waals surface area contributed by atoms with E-state index in [1.54, 1.807) is 0 Å². The first kappa shape index (κ1) is 19.5. The van der Waals surface area contributed by atoms with Crippen LogP contribution in [0.3, 0.4) is 0 Å². The second-order valence-corrected chi connectivity index (χ2v) is 7.63. The van der Waals surface area contributed by atoms with Crippen LogP contribution < -0.4 is 0 Å². The molecule has 1 saturated heterocycles. The van der Waals surface area contributed by atoms with Crippen molar-refractivity contribution in [3.05, 3.63) is 70.2 Å². The number of hydrogen-bond donors (Lipinski definition) is 1. The number of benzene rings is 2. The molecule has 0 radical (unpaired) electrons. The number of morpholine rings is 1. The van der Waals surface area contributed by atoms with Gasteiger partial charge in [0, 0.05) is 24.1 Å². The van der Waals surface area contributed by atoms with Crippen LogP contribution >= 0.6 is 15.9 Å². The molecular weight excluding hydrogens is 394 g/mol. The minimum absolute atomic E-state index is 0.0222. The quantitative estimate of drug-likeness (QED) is 0.737. The van der Waals surface area contributed by atoms with E-state index in [9.17, 15) is 5.11 Å². The van der Waals surface area contributed by atoms with Gasteiger partial charge in [0.15, 0.2) is 0 Å². The average molecular weight is 420 g/mol. The number of halogens is 1. The fourth-order valence-electron chi connectivity index (χ4n) is 3.17. The van der Waals surface area contributed by atoms with Gasteiger partial charge >= 0.3 is 0 Å². The van der Waals surface area contributed by atoms with E-state index >= 15 is 0 Å². The van der Waals surface area contributed by atoms with Gasteiger partial charge in [0.2, 0.25) is 0 Å². The topological polar surface area (TPSA) is 41.9 Å². The van der Waals surface area contributed by atoms with Gasteiger partial charge in [0.05, 0.1) is 31.5 Å². The predicted octanol–water partition coefficient (Wildman–Crippen LogP) is 3.96. The van der Waals surface area contributed by atoms with Crippen molar-refractivity contribution in [2.24, 2.45) is 0 Å². The van der Waals surface area contributed by atoms with E-state index in [2.05, 4.69) is 33.0 Å². The molecule has 1 aliphatic rings. The molecule has 1 aliphatic heterocycles. The Morgan fingerprint density at radius 2 is 1.92 bits per heavy atom. The number of ether oxygens (including phenoxy) is 2. The molecule has 0 aliphatic carbocycles. The highest BCUT2D eigenvalue weighted by Gasteiger charge is 2.24. The molecule has 0 saturated carbocycles. The van der Waals surface area contributed by atoms with Crippen molar-refractivity contribution in [3.63, 3.8) is 0 Å². The first-order chi connectivity index (χ1) is 12.6. The van der Waals surface area contributed by atoms with E-state index < -0.39 is 6.10 Å². The number of hydrogen-bond acceptors (Lipinski definition) is 4. The summed E-state index contributed by atoms with van der Waals surface area (Å²) < 4.78 is 12.8. The Bertz CT molecular complexity index is 665. The van der Waals surface area contributed by atoms with Crippen LogP contribution in [0.4, 0.5) is 0 Å². The van der Waals surface area contributed by atoms with Crippen LogP contribution in [-0.2, 0) is 9.47 Å². The zero-order valence-corrected chi connectivity index (χ0v) is 16.6. The molecule has 0 bridgehead atoms. The van der Waals surface area contributed by atoms with Gasteiger partial charge in [-0.3, -0.25) is 4.90 Å². The standard InChI is InChI=1S/C21H26BrNO3/c1-16(17-5-3-2-4-6-17)26-15-20(24)13-23-11-12-25-21(14-23)18-7-9-19(22)10-8-18/h2-10,16,20-21,24H,11-15H2,1H3. The van der Waals surface area contributed by atoms with Crippen LogP contribution in [0.5, 0.6) is 0 Å². The summed E-state index contributed by atoms with van der Waals surface area (Å²) in [7, 11) is 0. The smallest absolute Gasteiger partial charge is 0.0952 e. The molecule has 2 aromatic rings. The lowest BCUT2D eigenvalue weighted by Crippen LogP contribution is -2.43. The number of rotatable bonds is 7. The summed E-state index contributed by atoms with van der Waals surface area (Å²) in [5.41, 5.74) is 2.29. The molecular formula is C21H26BrNO3. The summed E-state index contributed by atoms with van der Waals surface area (Å²) in [5.74, 6) is 0. The maximum atomic E-state index is 10.4. The van der Waals surface area contributed by atoms with Gasteiger partial charge in [0.1, 0.15) is 0 Å². The highest BCUT2D eigenvalue weighted by molar-refractivity contribution is 9.10. The second kappa shape index (κ2) is 9.62. The van der Waals surface area contributed by atoms with Crippen molar-refractivity contribution >= 4 is 15.9 Å². The van der Waals surface area contributed by atoms with E-state index in [0.29, 0.717) is 19.8 Å². The lowest BCUT2D eigenvalue weighted by Gasteiger charge is -2.34. The molecule has 2 aromatic carbocycles. The lowest BCUT2D eigenvalue weighted by atomic mass is 10.1. The number of nitrogens with zero attached hydrogens (tertiary/aromatic N) is 1. The van der Waals surface area contributed by atoms with E-state index in [1.807, 2.05) is 49.4 Å². The third-order valence-electron chi connectivity index (χ3n) is 4.67. The molecule has 3 atom stereocenters. The molecule has 1 fully saturated rings. The first-order valence-corrected chi connectivity index (χ1v) is 9.85. The van der Waals surface area contributed by atoms with E-state index in [4.69, 9.17) is 9.47 Å². The molecule has 0 spiro atoms. The second-order valence-electron chi connectivity index (χ2n) is 6.71. The van der Waals surface area contributed by atoms with Crippen LogP contribution in [0.15, 0.2) is 59.1 Å². The number of aliphatic hydroxyl groups is 1. The van der Waals surface area contributed by atoms with Gasteiger partial charge < -0.3 is 14.6 Å². The Morgan fingerprint density at radius 1 is 1.19 bits per heavy atom. The van der Waals surface area contributed by atoms with Crippen molar-refractivity contribution in [2.45, 2.75) is 25.2 Å². The molecule has 4 nitrogen and oxygen atoms in total. The van der Waals surface area contributed by atoms with Gasteiger partial charge in [-0.15, -0.1) is 0 Å². The molecule has 5 heteroatoms. The summed E-state index contributed by atoms with van der Waals surface area (Å²) in [6.45, 7) is 5.23. The van der Waals surface area contributed by atoms with Crippen LogP contribution in [0, 0.1) is 0 Å². The number of aliphatic hydroxyl groups excluding tert-OH is 1. The van der Waals surface area contributed by atoms with Crippen molar-refractivity contribution in [1.82, 2.24) is 4.90 Å². The lowest BCUT2D eigenvalue weighted by molar-refractivity contribution is -0.0593. The Morgan fingerprint density at radius 3 is 2.65 bits per heavy atom. The SMILES string of the molecule is CC(OCC(O)CN1CCOC(c2ccc(Br)cc2)C1)c1ccccc1.